The van der Waals surface area contributed by atoms with E-state index in [1.165, 1.54) is 17.5 Å². The van der Waals surface area contributed by atoms with Gasteiger partial charge in [0.2, 0.25) is 6.29 Å². The summed E-state index contributed by atoms with van der Waals surface area (Å²) in [5.41, 5.74) is 0.647. The van der Waals surface area contributed by atoms with Crippen LogP contribution in [0.5, 0.6) is 0 Å². The van der Waals surface area contributed by atoms with Crippen LogP contribution in [0.2, 0.25) is 0 Å². The molecule has 126 valence electrons. The van der Waals surface area contributed by atoms with Gasteiger partial charge in [-0.3, -0.25) is 9.59 Å². The minimum atomic E-state index is -0.478. The maximum absolute atomic E-state index is 12.3. The summed E-state index contributed by atoms with van der Waals surface area (Å²) in [6.45, 7) is 2.87. The predicted molar refractivity (Wildman–Crippen MR) is 89.1 cm³/mol. The number of rotatable bonds is 6. The molecule has 1 aromatic carbocycles. The number of ketones is 1. The van der Waals surface area contributed by atoms with Gasteiger partial charge in [0.05, 0.1) is 19.4 Å². The summed E-state index contributed by atoms with van der Waals surface area (Å²) in [5.74, 6) is -0.244. The molecule has 0 spiro atoms. The summed E-state index contributed by atoms with van der Waals surface area (Å²) in [5, 5.41) is 3.46. The van der Waals surface area contributed by atoms with Gasteiger partial charge in [0.15, 0.2) is 5.78 Å². The molecule has 1 atom stereocenters. The molecular weight excluding hydrogens is 328 g/mol. The molecule has 0 aliphatic carbocycles. The standard InChI is InChI=1S/C17H18N2O4S/c1-11(9-13(20)12-5-3-2-4-6-12)19-15(21)14-10-18-16(24-14)17-22-7-8-23-17/h2-6,10-11,17H,7-9H2,1H3,(H,19,21)/t11-/m1/s1. The zero-order chi connectivity index (χ0) is 16.9. The summed E-state index contributed by atoms with van der Waals surface area (Å²) in [4.78, 5) is 29.1. The zero-order valence-electron chi connectivity index (χ0n) is 13.2. The maximum Gasteiger partial charge on any atom is 0.263 e. The van der Waals surface area contributed by atoms with E-state index >= 15 is 0 Å². The normalized spacial score (nSPS) is 16.0. The highest BCUT2D eigenvalue weighted by atomic mass is 32.1. The van der Waals surface area contributed by atoms with Crippen LogP contribution in [-0.4, -0.2) is 35.9 Å². The Morgan fingerprint density at radius 1 is 1.29 bits per heavy atom. The fourth-order valence-electron chi connectivity index (χ4n) is 2.37. The van der Waals surface area contributed by atoms with Crippen LogP contribution >= 0.6 is 11.3 Å². The largest absolute Gasteiger partial charge is 0.348 e. The van der Waals surface area contributed by atoms with Crippen LogP contribution in [0.25, 0.3) is 0 Å². The van der Waals surface area contributed by atoms with Gasteiger partial charge in [-0.05, 0) is 6.92 Å². The van der Waals surface area contributed by atoms with Crippen molar-refractivity contribution in [2.24, 2.45) is 0 Å². The molecule has 1 amide bonds. The Morgan fingerprint density at radius 3 is 2.71 bits per heavy atom. The first kappa shape index (κ1) is 16.8. The van der Waals surface area contributed by atoms with Crippen molar-refractivity contribution >= 4 is 23.0 Å². The lowest BCUT2D eigenvalue weighted by Gasteiger charge is -2.12. The summed E-state index contributed by atoms with van der Waals surface area (Å²) >= 11 is 1.24. The molecule has 2 heterocycles. The van der Waals surface area contributed by atoms with Crippen LogP contribution in [0.4, 0.5) is 0 Å². The van der Waals surface area contributed by atoms with Crippen LogP contribution in [0, 0.1) is 0 Å². The van der Waals surface area contributed by atoms with Crippen molar-refractivity contribution in [2.75, 3.05) is 13.2 Å². The van der Waals surface area contributed by atoms with Crippen molar-refractivity contribution < 1.29 is 19.1 Å². The third kappa shape index (κ3) is 4.05. The number of amides is 1. The topological polar surface area (TPSA) is 77.5 Å². The molecule has 0 saturated carbocycles. The van der Waals surface area contributed by atoms with E-state index in [9.17, 15) is 9.59 Å². The van der Waals surface area contributed by atoms with Crippen LogP contribution in [0.1, 0.15) is 44.7 Å². The Kier molecular flexibility index (Phi) is 5.34. The van der Waals surface area contributed by atoms with E-state index in [1.807, 2.05) is 25.1 Å². The van der Waals surface area contributed by atoms with Crippen LogP contribution in [0.15, 0.2) is 36.5 Å². The van der Waals surface area contributed by atoms with Crippen molar-refractivity contribution in [1.82, 2.24) is 10.3 Å². The molecule has 0 radical (unpaired) electrons. The quantitative estimate of drug-likeness (QED) is 0.814. The fraction of sp³-hybridized carbons (Fsp3) is 0.353. The van der Waals surface area contributed by atoms with Gasteiger partial charge in [-0.2, -0.15) is 0 Å². The van der Waals surface area contributed by atoms with Crippen molar-refractivity contribution in [3.05, 3.63) is 52.0 Å². The average molecular weight is 346 g/mol. The number of ether oxygens (including phenoxy) is 2. The summed E-state index contributed by atoms with van der Waals surface area (Å²) in [6, 6.07) is 8.78. The number of benzene rings is 1. The van der Waals surface area contributed by atoms with Gasteiger partial charge in [0.25, 0.3) is 5.91 Å². The lowest BCUT2D eigenvalue weighted by atomic mass is 10.0. The fourth-order valence-corrected chi connectivity index (χ4v) is 3.19. The second-order valence-electron chi connectivity index (χ2n) is 5.50. The first-order chi connectivity index (χ1) is 11.6. The third-order valence-corrected chi connectivity index (χ3v) is 4.55. The monoisotopic (exact) mass is 346 g/mol. The minimum Gasteiger partial charge on any atom is -0.348 e. The SMILES string of the molecule is C[C@H](CC(=O)c1ccccc1)NC(=O)c1cnc(C2OCCO2)s1. The van der Waals surface area contributed by atoms with E-state index in [0.29, 0.717) is 28.7 Å². The van der Waals surface area contributed by atoms with Crippen molar-refractivity contribution in [1.29, 1.82) is 0 Å². The highest BCUT2D eigenvalue weighted by Crippen LogP contribution is 2.27. The summed E-state index contributed by atoms with van der Waals surface area (Å²) < 4.78 is 10.7. The number of nitrogens with zero attached hydrogens (tertiary/aromatic N) is 1. The summed E-state index contributed by atoms with van der Waals surface area (Å²) in [7, 11) is 0. The van der Waals surface area contributed by atoms with E-state index in [0.717, 1.165) is 0 Å². The van der Waals surface area contributed by atoms with Crippen LogP contribution in [-0.2, 0) is 9.47 Å². The summed E-state index contributed by atoms with van der Waals surface area (Å²) in [6.07, 6.45) is 1.27. The smallest absolute Gasteiger partial charge is 0.263 e. The molecule has 7 heteroatoms. The number of carbonyl (C=O) groups is 2. The van der Waals surface area contributed by atoms with Crippen molar-refractivity contribution in [2.45, 2.75) is 25.7 Å². The van der Waals surface area contributed by atoms with Crippen molar-refractivity contribution in [3.63, 3.8) is 0 Å². The first-order valence-corrected chi connectivity index (χ1v) is 8.53. The third-order valence-electron chi connectivity index (χ3n) is 3.54. The predicted octanol–water partition coefficient (Wildman–Crippen LogP) is 2.58. The van der Waals surface area contributed by atoms with Gasteiger partial charge in [0, 0.05) is 18.0 Å². The molecule has 0 bridgehead atoms. The van der Waals surface area contributed by atoms with Gasteiger partial charge < -0.3 is 14.8 Å². The second kappa shape index (κ2) is 7.65. The molecule has 1 aliphatic heterocycles. The number of thiazole rings is 1. The number of hydrogen-bond donors (Lipinski definition) is 1. The van der Waals surface area contributed by atoms with E-state index in [4.69, 9.17) is 9.47 Å². The molecule has 3 rings (SSSR count). The number of carbonyl (C=O) groups excluding carboxylic acids is 2. The molecule has 6 nitrogen and oxygen atoms in total. The van der Waals surface area contributed by atoms with E-state index < -0.39 is 6.29 Å². The Morgan fingerprint density at radius 2 is 2.00 bits per heavy atom. The Bertz CT molecular complexity index is 710. The maximum atomic E-state index is 12.3. The first-order valence-electron chi connectivity index (χ1n) is 7.71. The lowest BCUT2D eigenvalue weighted by Crippen LogP contribution is -2.33. The van der Waals surface area contributed by atoms with Gasteiger partial charge in [-0.25, -0.2) is 4.98 Å². The molecule has 24 heavy (non-hydrogen) atoms. The van der Waals surface area contributed by atoms with Gasteiger partial charge >= 0.3 is 0 Å². The van der Waals surface area contributed by atoms with E-state index in [2.05, 4.69) is 10.3 Å². The molecule has 1 saturated heterocycles. The van der Waals surface area contributed by atoms with Crippen LogP contribution < -0.4 is 5.32 Å². The number of Topliss-reactive ketones (excluding diaryl/α,β-unsaturated/α-hetero) is 1. The molecule has 1 aromatic heterocycles. The average Bonchev–Trinajstić information content (AvgIpc) is 3.26. The molecule has 0 unspecified atom stereocenters. The molecule has 1 aliphatic rings. The highest BCUT2D eigenvalue weighted by Gasteiger charge is 2.23. The Hall–Kier alpha value is -2.09. The Labute approximate surface area is 143 Å². The number of hydrogen-bond acceptors (Lipinski definition) is 6. The van der Waals surface area contributed by atoms with Gasteiger partial charge in [0.1, 0.15) is 9.88 Å². The molecular formula is C17H18N2O4S. The van der Waals surface area contributed by atoms with Crippen molar-refractivity contribution in [3.8, 4) is 0 Å². The highest BCUT2D eigenvalue weighted by molar-refractivity contribution is 7.13. The molecule has 1 fully saturated rings. The van der Waals surface area contributed by atoms with E-state index in [1.54, 1.807) is 12.1 Å². The number of nitrogens with one attached hydrogen (secondary N) is 1. The minimum absolute atomic E-state index is 0.00106. The van der Waals surface area contributed by atoms with E-state index in [-0.39, 0.29) is 24.2 Å². The van der Waals surface area contributed by atoms with Crippen LogP contribution in [0.3, 0.4) is 0 Å². The zero-order valence-corrected chi connectivity index (χ0v) is 14.0. The second-order valence-corrected chi connectivity index (χ2v) is 6.57. The lowest BCUT2D eigenvalue weighted by molar-refractivity contribution is -0.0442. The van der Waals surface area contributed by atoms with Gasteiger partial charge in [-0.15, -0.1) is 11.3 Å². The molecule has 2 aromatic rings. The molecule has 1 N–H and O–H groups in total. The Balaban J connectivity index is 1.55. The van der Waals surface area contributed by atoms with Gasteiger partial charge in [-0.1, -0.05) is 30.3 Å². The number of aromatic nitrogens is 1.